The van der Waals surface area contributed by atoms with Crippen LogP contribution >= 0.6 is 0 Å². The lowest BCUT2D eigenvalue weighted by atomic mass is 10.1. The van der Waals surface area contributed by atoms with E-state index in [0.717, 1.165) is 19.5 Å². The monoisotopic (exact) mass is 306 g/mol. The van der Waals surface area contributed by atoms with Crippen LogP contribution in [0.5, 0.6) is 0 Å². The van der Waals surface area contributed by atoms with E-state index in [-0.39, 0.29) is 23.5 Å². The predicted molar refractivity (Wildman–Crippen MR) is 80.5 cm³/mol. The molecule has 0 saturated carbocycles. The Morgan fingerprint density at radius 2 is 2.23 bits per heavy atom. The molecule has 0 radical (unpaired) electrons. The lowest BCUT2D eigenvalue weighted by molar-refractivity contribution is 0.0739. The molecule has 3 rings (SSSR count). The number of urea groups is 1. The fourth-order valence-corrected chi connectivity index (χ4v) is 2.89. The van der Waals surface area contributed by atoms with Gasteiger partial charge >= 0.3 is 6.03 Å². The third-order valence-corrected chi connectivity index (χ3v) is 4.25. The van der Waals surface area contributed by atoms with Gasteiger partial charge in [-0.2, -0.15) is 0 Å². The largest absolute Gasteiger partial charge is 0.337 e. The van der Waals surface area contributed by atoms with E-state index < -0.39 is 5.82 Å². The first-order valence-electron chi connectivity index (χ1n) is 7.40. The number of anilines is 1. The Morgan fingerprint density at radius 3 is 2.86 bits per heavy atom. The van der Waals surface area contributed by atoms with Gasteiger partial charge in [-0.15, -0.1) is 0 Å². The fraction of sp³-hybridized carbons (Fsp3) is 0.467. The number of hydrogen-bond donors (Lipinski definition) is 2. The highest BCUT2D eigenvalue weighted by molar-refractivity contribution is 5.98. The first-order chi connectivity index (χ1) is 10.6. The molecule has 2 aliphatic heterocycles. The standard InChI is InChI=1S/C15H19FN4O2/c1-19(11-4-5-17-9-11)14(21)12-8-10(2-3-13(12)16)20-7-6-18-15(20)22/h2-3,8,11,17H,4-7,9H2,1H3,(H,18,22)/t11-/m1/s1. The normalized spacial score (nSPS) is 21.1. The number of halogens is 1. The van der Waals surface area contributed by atoms with E-state index in [0.29, 0.717) is 18.8 Å². The molecule has 3 amide bonds. The van der Waals surface area contributed by atoms with Crippen LogP contribution in [0.25, 0.3) is 0 Å². The Kier molecular flexibility index (Phi) is 3.98. The summed E-state index contributed by atoms with van der Waals surface area (Å²) >= 11 is 0. The lowest BCUT2D eigenvalue weighted by Crippen LogP contribution is -2.39. The molecule has 2 heterocycles. The van der Waals surface area contributed by atoms with Crippen molar-refractivity contribution in [2.24, 2.45) is 0 Å². The first kappa shape index (κ1) is 14.8. The zero-order valence-corrected chi connectivity index (χ0v) is 12.4. The molecule has 2 aliphatic rings. The van der Waals surface area contributed by atoms with E-state index in [9.17, 15) is 14.0 Å². The summed E-state index contributed by atoms with van der Waals surface area (Å²) in [4.78, 5) is 27.3. The van der Waals surface area contributed by atoms with Gasteiger partial charge in [-0.3, -0.25) is 9.69 Å². The second kappa shape index (κ2) is 5.92. The van der Waals surface area contributed by atoms with Crippen molar-refractivity contribution >= 4 is 17.6 Å². The lowest BCUT2D eigenvalue weighted by Gasteiger charge is -2.24. The second-order valence-corrected chi connectivity index (χ2v) is 5.61. The summed E-state index contributed by atoms with van der Waals surface area (Å²) < 4.78 is 14.1. The van der Waals surface area contributed by atoms with Crippen LogP contribution < -0.4 is 15.5 Å². The van der Waals surface area contributed by atoms with E-state index in [1.165, 1.54) is 23.1 Å². The van der Waals surface area contributed by atoms with Gasteiger partial charge in [0, 0.05) is 38.4 Å². The Bertz CT molecular complexity index is 601. The van der Waals surface area contributed by atoms with Crippen molar-refractivity contribution in [2.75, 3.05) is 38.1 Å². The van der Waals surface area contributed by atoms with Crippen LogP contribution in [0.15, 0.2) is 18.2 Å². The molecule has 118 valence electrons. The van der Waals surface area contributed by atoms with Crippen molar-refractivity contribution in [2.45, 2.75) is 12.5 Å². The van der Waals surface area contributed by atoms with Gasteiger partial charge in [0.1, 0.15) is 5.82 Å². The molecule has 2 saturated heterocycles. The SMILES string of the molecule is CN(C(=O)c1cc(N2CCNC2=O)ccc1F)[C@@H]1CCNC1. The summed E-state index contributed by atoms with van der Waals surface area (Å²) in [5.41, 5.74) is 0.546. The van der Waals surface area contributed by atoms with Crippen molar-refractivity contribution in [3.05, 3.63) is 29.6 Å². The van der Waals surface area contributed by atoms with Crippen LogP contribution in [0.4, 0.5) is 14.9 Å². The number of nitrogens with zero attached hydrogens (tertiary/aromatic N) is 2. The van der Waals surface area contributed by atoms with Gasteiger partial charge in [0.2, 0.25) is 0 Å². The minimum Gasteiger partial charge on any atom is -0.337 e. The minimum absolute atomic E-state index is 0.00611. The van der Waals surface area contributed by atoms with Crippen LogP contribution in [0.2, 0.25) is 0 Å². The van der Waals surface area contributed by atoms with Crippen molar-refractivity contribution in [1.29, 1.82) is 0 Å². The van der Waals surface area contributed by atoms with Gasteiger partial charge in [-0.1, -0.05) is 0 Å². The quantitative estimate of drug-likeness (QED) is 0.868. The van der Waals surface area contributed by atoms with E-state index in [4.69, 9.17) is 0 Å². The number of amides is 3. The van der Waals surface area contributed by atoms with E-state index in [1.807, 2.05) is 0 Å². The number of rotatable bonds is 3. The minimum atomic E-state index is -0.564. The van der Waals surface area contributed by atoms with E-state index in [2.05, 4.69) is 10.6 Å². The third-order valence-electron chi connectivity index (χ3n) is 4.25. The van der Waals surface area contributed by atoms with Crippen molar-refractivity contribution in [3.63, 3.8) is 0 Å². The molecule has 2 N–H and O–H groups in total. The zero-order chi connectivity index (χ0) is 15.7. The summed E-state index contributed by atoms with van der Waals surface area (Å²) in [5.74, 6) is -0.918. The molecule has 1 aromatic carbocycles. The van der Waals surface area contributed by atoms with Crippen molar-refractivity contribution in [1.82, 2.24) is 15.5 Å². The number of hydrogen-bond acceptors (Lipinski definition) is 3. The van der Waals surface area contributed by atoms with E-state index >= 15 is 0 Å². The zero-order valence-electron chi connectivity index (χ0n) is 12.4. The summed E-state index contributed by atoms with van der Waals surface area (Å²) in [7, 11) is 1.69. The molecule has 0 aromatic heterocycles. The summed E-state index contributed by atoms with van der Waals surface area (Å²) in [5, 5.41) is 5.88. The molecule has 0 aliphatic carbocycles. The number of nitrogens with one attached hydrogen (secondary N) is 2. The van der Waals surface area contributed by atoms with Crippen LogP contribution in [-0.4, -0.2) is 56.1 Å². The topological polar surface area (TPSA) is 64.7 Å². The maximum atomic E-state index is 14.1. The van der Waals surface area contributed by atoms with Crippen molar-refractivity contribution < 1.29 is 14.0 Å². The van der Waals surface area contributed by atoms with Gasteiger partial charge in [0.05, 0.1) is 5.56 Å². The smallest absolute Gasteiger partial charge is 0.321 e. The van der Waals surface area contributed by atoms with Crippen LogP contribution in [-0.2, 0) is 0 Å². The molecular formula is C15H19FN4O2. The Morgan fingerprint density at radius 1 is 1.41 bits per heavy atom. The Hall–Kier alpha value is -2.15. The van der Waals surface area contributed by atoms with Crippen molar-refractivity contribution in [3.8, 4) is 0 Å². The maximum Gasteiger partial charge on any atom is 0.321 e. The Balaban J connectivity index is 1.85. The number of benzene rings is 1. The highest BCUT2D eigenvalue weighted by Crippen LogP contribution is 2.22. The highest BCUT2D eigenvalue weighted by Gasteiger charge is 2.27. The average molecular weight is 306 g/mol. The number of likely N-dealkylation sites (N-methyl/N-ethyl adjacent to an activating group) is 1. The molecule has 1 aromatic rings. The fourth-order valence-electron chi connectivity index (χ4n) is 2.89. The molecule has 2 fully saturated rings. The molecule has 0 bridgehead atoms. The van der Waals surface area contributed by atoms with E-state index in [1.54, 1.807) is 11.9 Å². The number of carbonyl (C=O) groups excluding carboxylic acids is 2. The molecule has 7 heteroatoms. The summed E-state index contributed by atoms with van der Waals surface area (Å²) in [6, 6.07) is 4.08. The van der Waals surface area contributed by atoms with Crippen LogP contribution in [0.3, 0.4) is 0 Å². The molecule has 0 spiro atoms. The average Bonchev–Trinajstić information content (AvgIpc) is 3.18. The van der Waals surface area contributed by atoms with Crippen LogP contribution in [0, 0.1) is 5.82 Å². The Labute approximate surface area is 128 Å². The summed E-state index contributed by atoms with van der Waals surface area (Å²) in [6.45, 7) is 2.64. The molecule has 6 nitrogen and oxygen atoms in total. The second-order valence-electron chi connectivity index (χ2n) is 5.61. The van der Waals surface area contributed by atoms with Gasteiger partial charge in [-0.25, -0.2) is 9.18 Å². The first-order valence-corrected chi connectivity index (χ1v) is 7.40. The molecule has 22 heavy (non-hydrogen) atoms. The highest BCUT2D eigenvalue weighted by atomic mass is 19.1. The molecule has 1 atom stereocenters. The predicted octanol–water partition coefficient (Wildman–Crippen LogP) is 0.789. The van der Waals surface area contributed by atoms with Gasteiger partial charge in [-0.05, 0) is 31.2 Å². The van der Waals surface area contributed by atoms with Crippen LogP contribution in [0.1, 0.15) is 16.8 Å². The maximum absolute atomic E-state index is 14.1. The number of carbonyl (C=O) groups is 2. The van der Waals surface area contributed by atoms with Gasteiger partial charge in [0.25, 0.3) is 5.91 Å². The molecule has 0 unspecified atom stereocenters. The van der Waals surface area contributed by atoms with Gasteiger partial charge in [0.15, 0.2) is 0 Å². The van der Waals surface area contributed by atoms with Gasteiger partial charge < -0.3 is 15.5 Å². The summed E-state index contributed by atoms with van der Waals surface area (Å²) in [6.07, 6.45) is 0.859. The molecular weight excluding hydrogens is 287 g/mol. The third kappa shape index (κ3) is 2.64.